The van der Waals surface area contributed by atoms with Crippen LogP contribution in [-0.4, -0.2) is 60.8 Å². The summed E-state index contributed by atoms with van der Waals surface area (Å²) >= 11 is 6.10. The Hall–Kier alpha value is -1.83. The number of rotatable bonds is 6. The fraction of sp³-hybridized carbons (Fsp3) is 0.529. The van der Waals surface area contributed by atoms with Crippen LogP contribution in [0.5, 0.6) is 0 Å². The number of anilines is 1. The average Bonchev–Trinajstić information content (AvgIpc) is 2.57. The van der Waals surface area contributed by atoms with Gasteiger partial charge in [0.25, 0.3) is 5.91 Å². The van der Waals surface area contributed by atoms with Gasteiger partial charge in [-0.1, -0.05) is 11.6 Å². The van der Waals surface area contributed by atoms with Crippen molar-refractivity contribution in [2.75, 3.05) is 38.0 Å². The van der Waals surface area contributed by atoms with E-state index in [-0.39, 0.29) is 23.1 Å². The zero-order chi connectivity index (χ0) is 18.2. The van der Waals surface area contributed by atoms with Gasteiger partial charge in [0.2, 0.25) is 0 Å². The first-order valence-corrected chi connectivity index (χ1v) is 8.90. The Morgan fingerprint density at radius 1 is 1.28 bits per heavy atom. The van der Waals surface area contributed by atoms with Crippen LogP contribution in [0.25, 0.3) is 0 Å². The molecular formula is C17H25ClN4O3. The Balaban J connectivity index is 1.76. The summed E-state index contributed by atoms with van der Waals surface area (Å²) < 4.78 is 0. The molecule has 3 amide bonds. The minimum atomic E-state index is -0.320. The number of halogens is 1. The largest absolute Gasteiger partial charge is 0.393 e. The fourth-order valence-corrected chi connectivity index (χ4v) is 2.94. The van der Waals surface area contributed by atoms with Gasteiger partial charge >= 0.3 is 6.03 Å². The van der Waals surface area contributed by atoms with Crippen molar-refractivity contribution in [3.05, 3.63) is 28.8 Å². The van der Waals surface area contributed by atoms with Crippen LogP contribution in [0.3, 0.4) is 0 Å². The van der Waals surface area contributed by atoms with Crippen molar-refractivity contribution < 1.29 is 14.7 Å². The Bertz CT molecular complexity index is 604. The number of benzene rings is 1. The van der Waals surface area contributed by atoms with Crippen molar-refractivity contribution in [1.82, 2.24) is 15.5 Å². The molecule has 0 aromatic heterocycles. The van der Waals surface area contributed by atoms with E-state index in [1.807, 2.05) is 6.92 Å². The molecule has 0 bridgehead atoms. The molecule has 25 heavy (non-hydrogen) atoms. The second-order valence-corrected chi connectivity index (χ2v) is 6.41. The molecule has 1 aliphatic heterocycles. The molecule has 0 spiro atoms. The zero-order valence-electron chi connectivity index (χ0n) is 14.3. The van der Waals surface area contributed by atoms with E-state index in [0.29, 0.717) is 24.3 Å². The molecule has 0 radical (unpaired) electrons. The summed E-state index contributed by atoms with van der Waals surface area (Å²) in [5, 5.41) is 17.9. The van der Waals surface area contributed by atoms with Gasteiger partial charge in [-0.3, -0.25) is 4.79 Å². The molecule has 1 fully saturated rings. The first-order valence-electron chi connectivity index (χ1n) is 8.52. The molecule has 1 aromatic carbocycles. The van der Waals surface area contributed by atoms with Gasteiger partial charge in [-0.05, 0) is 38.0 Å². The van der Waals surface area contributed by atoms with Crippen molar-refractivity contribution in [2.45, 2.75) is 25.9 Å². The van der Waals surface area contributed by atoms with Gasteiger partial charge in [-0.25, -0.2) is 4.79 Å². The van der Waals surface area contributed by atoms with Crippen molar-refractivity contribution in [1.29, 1.82) is 0 Å². The molecule has 4 N–H and O–H groups in total. The number of nitrogens with zero attached hydrogens (tertiary/aromatic N) is 1. The Morgan fingerprint density at radius 2 is 2.00 bits per heavy atom. The van der Waals surface area contributed by atoms with Crippen LogP contribution in [0, 0.1) is 0 Å². The Morgan fingerprint density at radius 3 is 2.64 bits per heavy atom. The number of urea groups is 1. The predicted octanol–water partition coefficient (Wildman–Crippen LogP) is 1.67. The van der Waals surface area contributed by atoms with Gasteiger partial charge in [-0.15, -0.1) is 0 Å². The highest BCUT2D eigenvalue weighted by atomic mass is 35.5. The summed E-state index contributed by atoms with van der Waals surface area (Å²) in [5.41, 5.74) is 0.901. The lowest BCUT2D eigenvalue weighted by Gasteiger charge is -2.29. The van der Waals surface area contributed by atoms with E-state index in [2.05, 4.69) is 20.9 Å². The summed E-state index contributed by atoms with van der Waals surface area (Å²) in [5.74, 6) is -0.241. The maximum Gasteiger partial charge on any atom is 0.319 e. The van der Waals surface area contributed by atoms with Crippen molar-refractivity contribution in [3.8, 4) is 0 Å². The van der Waals surface area contributed by atoms with E-state index >= 15 is 0 Å². The van der Waals surface area contributed by atoms with Crippen molar-refractivity contribution in [3.63, 3.8) is 0 Å². The van der Waals surface area contributed by atoms with Crippen LogP contribution < -0.4 is 16.0 Å². The maximum atomic E-state index is 11.9. The second-order valence-electron chi connectivity index (χ2n) is 6.01. The Kier molecular flexibility index (Phi) is 7.49. The first kappa shape index (κ1) is 19.5. The molecule has 138 valence electrons. The van der Waals surface area contributed by atoms with Gasteiger partial charge < -0.3 is 26.0 Å². The predicted molar refractivity (Wildman–Crippen MR) is 98.2 cm³/mol. The van der Waals surface area contributed by atoms with Gasteiger partial charge in [-0.2, -0.15) is 0 Å². The summed E-state index contributed by atoms with van der Waals surface area (Å²) in [7, 11) is 0. The summed E-state index contributed by atoms with van der Waals surface area (Å²) in [4.78, 5) is 25.9. The van der Waals surface area contributed by atoms with E-state index in [0.717, 1.165) is 32.5 Å². The lowest BCUT2D eigenvalue weighted by molar-refractivity contribution is 0.0833. The number of carbonyl (C=O) groups excluding carboxylic acids is 2. The van der Waals surface area contributed by atoms with Crippen molar-refractivity contribution >= 4 is 29.2 Å². The van der Waals surface area contributed by atoms with Crippen LogP contribution in [0.1, 0.15) is 30.1 Å². The lowest BCUT2D eigenvalue weighted by Crippen LogP contribution is -2.41. The van der Waals surface area contributed by atoms with E-state index in [1.54, 1.807) is 18.2 Å². The quantitative estimate of drug-likeness (QED) is 0.614. The number of hydrogen-bond acceptors (Lipinski definition) is 4. The van der Waals surface area contributed by atoms with Gasteiger partial charge in [0.05, 0.1) is 16.7 Å². The SMILES string of the molecule is CCNC(=O)c1ccc(NC(=O)NCCN2CCC(O)CC2)cc1Cl. The monoisotopic (exact) mass is 368 g/mol. The summed E-state index contributed by atoms with van der Waals surface area (Å²) in [6, 6.07) is 4.46. The molecule has 1 aliphatic rings. The van der Waals surface area contributed by atoms with Crippen LogP contribution in [0.15, 0.2) is 18.2 Å². The molecule has 7 nitrogen and oxygen atoms in total. The molecule has 2 rings (SSSR count). The summed E-state index contributed by atoms with van der Waals surface area (Å²) in [6.45, 7) is 5.32. The molecule has 1 aromatic rings. The normalized spacial score (nSPS) is 15.6. The molecule has 0 unspecified atom stereocenters. The van der Waals surface area contributed by atoms with E-state index in [9.17, 15) is 14.7 Å². The number of amides is 3. The van der Waals surface area contributed by atoms with E-state index in [4.69, 9.17) is 11.6 Å². The van der Waals surface area contributed by atoms with E-state index in [1.165, 1.54) is 0 Å². The molecule has 0 aliphatic carbocycles. The molecule has 0 atom stereocenters. The number of aliphatic hydroxyl groups is 1. The van der Waals surface area contributed by atoms with Crippen LogP contribution in [0.4, 0.5) is 10.5 Å². The van der Waals surface area contributed by atoms with Gasteiger partial charge in [0.15, 0.2) is 0 Å². The van der Waals surface area contributed by atoms with Crippen LogP contribution in [-0.2, 0) is 0 Å². The molecule has 1 heterocycles. The topological polar surface area (TPSA) is 93.7 Å². The maximum absolute atomic E-state index is 11.9. The number of nitrogens with one attached hydrogen (secondary N) is 3. The average molecular weight is 369 g/mol. The number of carbonyl (C=O) groups is 2. The zero-order valence-corrected chi connectivity index (χ0v) is 15.1. The standard InChI is InChI=1S/C17H25ClN4O3/c1-2-19-16(24)14-4-3-12(11-15(14)18)21-17(25)20-7-10-22-8-5-13(23)6-9-22/h3-4,11,13,23H,2,5-10H2,1H3,(H,19,24)(H2,20,21,25). The van der Waals surface area contributed by atoms with Gasteiger partial charge in [0.1, 0.15) is 0 Å². The number of aliphatic hydroxyl groups excluding tert-OH is 1. The highest BCUT2D eigenvalue weighted by Crippen LogP contribution is 2.21. The highest BCUT2D eigenvalue weighted by Gasteiger charge is 2.16. The first-order chi connectivity index (χ1) is 12.0. The highest BCUT2D eigenvalue weighted by molar-refractivity contribution is 6.34. The molecule has 1 saturated heterocycles. The fourth-order valence-electron chi connectivity index (χ4n) is 2.68. The van der Waals surface area contributed by atoms with Gasteiger partial charge in [0, 0.05) is 38.4 Å². The smallest absolute Gasteiger partial charge is 0.319 e. The molecule has 0 saturated carbocycles. The molecule has 8 heteroatoms. The second kappa shape index (κ2) is 9.60. The van der Waals surface area contributed by atoms with E-state index < -0.39 is 0 Å². The van der Waals surface area contributed by atoms with Crippen molar-refractivity contribution in [2.24, 2.45) is 0 Å². The number of piperidine rings is 1. The third-order valence-electron chi connectivity index (χ3n) is 4.08. The minimum absolute atomic E-state index is 0.195. The third kappa shape index (κ3) is 6.19. The summed E-state index contributed by atoms with van der Waals surface area (Å²) in [6.07, 6.45) is 1.37. The lowest BCUT2D eigenvalue weighted by atomic mass is 10.1. The van der Waals surface area contributed by atoms with Crippen LogP contribution >= 0.6 is 11.6 Å². The number of likely N-dealkylation sites (tertiary alicyclic amines) is 1. The number of hydrogen-bond donors (Lipinski definition) is 4. The minimum Gasteiger partial charge on any atom is -0.393 e. The third-order valence-corrected chi connectivity index (χ3v) is 4.39. The molecular weight excluding hydrogens is 344 g/mol. The Labute approximate surface area is 152 Å². The van der Waals surface area contributed by atoms with Crippen LogP contribution in [0.2, 0.25) is 5.02 Å².